The summed E-state index contributed by atoms with van der Waals surface area (Å²) in [5.41, 5.74) is 4.86. The predicted octanol–water partition coefficient (Wildman–Crippen LogP) is 0.719. The van der Waals surface area contributed by atoms with Crippen molar-refractivity contribution in [3.63, 3.8) is 0 Å². The third kappa shape index (κ3) is 3.28. The Hall–Kier alpha value is -0.980. The average molecular weight is 269 g/mol. The first-order valence-electron chi connectivity index (χ1n) is 6.08. The van der Waals surface area contributed by atoms with E-state index in [9.17, 15) is 8.42 Å². The van der Waals surface area contributed by atoms with Gasteiger partial charge in [0, 0.05) is 18.4 Å². The number of nitrogens with one attached hydrogen (secondary N) is 1. The van der Waals surface area contributed by atoms with Gasteiger partial charge in [-0.3, -0.25) is 16.3 Å². The molecule has 1 aromatic rings. The number of sulfone groups is 1. The Bertz CT molecular complexity index is 516. The van der Waals surface area contributed by atoms with E-state index in [1.54, 1.807) is 12.4 Å². The summed E-state index contributed by atoms with van der Waals surface area (Å²) in [6, 6.07) is 2.00. The molecule has 1 fully saturated rings. The number of hydrogen-bond acceptors (Lipinski definition) is 5. The Morgan fingerprint density at radius 1 is 1.56 bits per heavy atom. The Morgan fingerprint density at radius 2 is 2.33 bits per heavy atom. The third-order valence-electron chi connectivity index (χ3n) is 3.40. The Balaban J connectivity index is 2.06. The molecule has 1 aliphatic rings. The molecule has 0 spiro atoms. The van der Waals surface area contributed by atoms with Crippen LogP contribution in [0.1, 0.15) is 30.0 Å². The lowest BCUT2D eigenvalue weighted by molar-refractivity contribution is 0.420. The van der Waals surface area contributed by atoms with Crippen molar-refractivity contribution in [2.75, 3.05) is 11.5 Å². The quantitative estimate of drug-likeness (QED) is 0.621. The molecule has 0 amide bonds. The molecule has 2 unspecified atom stereocenters. The van der Waals surface area contributed by atoms with Crippen molar-refractivity contribution in [2.45, 2.75) is 25.8 Å². The van der Waals surface area contributed by atoms with Crippen LogP contribution in [0.15, 0.2) is 18.5 Å². The summed E-state index contributed by atoms with van der Waals surface area (Å²) in [6.45, 7) is 1.98. The Morgan fingerprint density at radius 3 is 2.89 bits per heavy atom. The number of pyridine rings is 1. The summed E-state index contributed by atoms with van der Waals surface area (Å²) in [4.78, 5) is 4.14. The van der Waals surface area contributed by atoms with E-state index in [0.717, 1.165) is 24.0 Å². The SMILES string of the molecule is Cc1cncc(C(CC2CCS(=O)(=O)C2)NN)c1. The Kier molecular flexibility index (Phi) is 3.99. The second kappa shape index (κ2) is 5.34. The van der Waals surface area contributed by atoms with Crippen LogP contribution in [0.2, 0.25) is 0 Å². The third-order valence-corrected chi connectivity index (χ3v) is 5.23. The van der Waals surface area contributed by atoms with Gasteiger partial charge in [-0.1, -0.05) is 6.07 Å². The minimum absolute atomic E-state index is 0.0318. The zero-order chi connectivity index (χ0) is 13.2. The first kappa shape index (κ1) is 13.5. The van der Waals surface area contributed by atoms with Gasteiger partial charge in [0.15, 0.2) is 9.84 Å². The van der Waals surface area contributed by atoms with Crippen molar-refractivity contribution < 1.29 is 8.42 Å². The molecule has 100 valence electrons. The van der Waals surface area contributed by atoms with Gasteiger partial charge in [-0.15, -0.1) is 0 Å². The number of nitrogens with zero attached hydrogens (tertiary/aromatic N) is 1. The molecule has 18 heavy (non-hydrogen) atoms. The second-order valence-corrected chi connectivity index (χ2v) is 7.25. The maximum Gasteiger partial charge on any atom is 0.150 e. The summed E-state index contributed by atoms with van der Waals surface area (Å²) < 4.78 is 22.9. The van der Waals surface area contributed by atoms with Gasteiger partial charge in [0.05, 0.1) is 11.5 Å². The number of aromatic nitrogens is 1. The second-order valence-electron chi connectivity index (χ2n) is 5.02. The summed E-state index contributed by atoms with van der Waals surface area (Å²) >= 11 is 0. The number of nitrogens with two attached hydrogens (primary N) is 1. The fourth-order valence-corrected chi connectivity index (χ4v) is 4.34. The van der Waals surface area contributed by atoms with Crippen LogP contribution >= 0.6 is 0 Å². The van der Waals surface area contributed by atoms with Crippen LogP contribution in [0.25, 0.3) is 0 Å². The molecule has 6 heteroatoms. The highest BCUT2D eigenvalue weighted by Crippen LogP contribution is 2.28. The molecule has 5 nitrogen and oxygen atoms in total. The highest BCUT2D eigenvalue weighted by atomic mass is 32.2. The van der Waals surface area contributed by atoms with Crippen LogP contribution in [0.3, 0.4) is 0 Å². The summed E-state index contributed by atoms with van der Waals surface area (Å²) in [5, 5.41) is 0. The fraction of sp³-hybridized carbons (Fsp3) is 0.583. The topological polar surface area (TPSA) is 85.1 Å². The van der Waals surface area contributed by atoms with Crippen molar-refractivity contribution in [1.82, 2.24) is 10.4 Å². The number of rotatable bonds is 4. The van der Waals surface area contributed by atoms with Crippen LogP contribution in [0, 0.1) is 12.8 Å². The molecule has 3 N–H and O–H groups in total. The van der Waals surface area contributed by atoms with Gasteiger partial charge in [-0.05, 0) is 36.8 Å². The lowest BCUT2D eigenvalue weighted by Crippen LogP contribution is -2.30. The van der Waals surface area contributed by atoms with E-state index >= 15 is 0 Å². The minimum Gasteiger partial charge on any atom is -0.271 e. The maximum absolute atomic E-state index is 11.4. The first-order valence-corrected chi connectivity index (χ1v) is 7.90. The molecule has 0 aliphatic carbocycles. The number of hydrogen-bond donors (Lipinski definition) is 2. The standard InChI is InChI=1S/C12H19N3O2S/c1-9-4-11(7-14-6-9)12(15-13)5-10-2-3-18(16,17)8-10/h4,6-7,10,12,15H,2-3,5,8,13H2,1H3. The van der Waals surface area contributed by atoms with Crippen LogP contribution < -0.4 is 11.3 Å². The zero-order valence-corrected chi connectivity index (χ0v) is 11.3. The van der Waals surface area contributed by atoms with Gasteiger partial charge in [-0.25, -0.2) is 8.42 Å². The Labute approximate surface area is 108 Å². The molecule has 0 aromatic carbocycles. The van der Waals surface area contributed by atoms with E-state index in [2.05, 4.69) is 10.4 Å². The fourth-order valence-electron chi connectivity index (χ4n) is 2.46. The molecule has 0 saturated carbocycles. The van der Waals surface area contributed by atoms with Crippen molar-refractivity contribution in [3.8, 4) is 0 Å². The monoisotopic (exact) mass is 269 g/mol. The number of aryl methyl sites for hydroxylation is 1. The molecule has 1 saturated heterocycles. The summed E-state index contributed by atoms with van der Waals surface area (Å²) in [6.07, 6.45) is 5.04. The highest BCUT2D eigenvalue weighted by molar-refractivity contribution is 7.91. The van der Waals surface area contributed by atoms with Crippen molar-refractivity contribution in [2.24, 2.45) is 11.8 Å². The van der Waals surface area contributed by atoms with Gasteiger partial charge < -0.3 is 0 Å². The van der Waals surface area contributed by atoms with Gasteiger partial charge in [0.25, 0.3) is 0 Å². The van der Waals surface area contributed by atoms with Crippen LogP contribution in [-0.2, 0) is 9.84 Å². The van der Waals surface area contributed by atoms with Crippen LogP contribution in [-0.4, -0.2) is 24.9 Å². The molecule has 1 aromatic heterocycles. The van der Waals surface area contributed by atoms with Crippen LogP contribution in [0.4, 0.5) is 0 Å². The molecular weight excluding hydrogens is 250 g/mol. The number of hydrazine groups is 1. The van der Waals surface area contributed by atoms with E-state index in [1.165, 1.54) is 0 Å². The lowest BCUT2D eigenvalue weighted by Gasteiger charge is -2.19. The predicted molar refractivity (Wildman–Crippen MR) is 70.4 cm³/mol. The van der Waals surface area contributed by atoms with E-state index in [-0.39, 0.29) is 17.7 Å². The van der Waals surface area contributed by atoms with Crippen LogP contribution in [0.5, 0.6) is 0 Å². The van der Waals surface area contributed by atoms with Gasteiger partial charge in [-0.2, -0.15) is 0 Å². The first-order chi connectivity index (χ1) is 8.50. The molecule has 1 aliphatic heterocycles. The van der Waals surface area contributed by atoms with E-state index in [0.29, 0.717) is 5.75 Å². The van der Waals surface area contributed by atoms with E-state index in [1.807, 2.05) is 13.0 Å². The minimum atomic E-state index is -2.82. The molecular formula is C12H19N3O2S. The largest absolute Gasteiger partial charge is 0.271 e. The van der Waals surface area contributed by atoms with Gasteiger partial charge in [0.1, 0.15) is 0 Å². The molecule has 2 rings (SSSR count). The van der Waals surface area contributed by atoms with Crippen molar-refractivity contribution in [3.05, 3.63) is 29.6 Å². The smallest absolute Gasteiger partial charge is 0.150 e. The molecule has 0 bridgehead atoms. The van der Waals surface area contributed by atoms with E-state index in [4.69, 9.17) is 5.84 Å². The van der Waals surface area contributed by atoms with Gasteiger partial charge in [0.2, 0.25) is 0 Å². The molecule has 2 heterocycles. The van der Waals surface area contributed by atoms with Crippen molar-refractivity contribution >= 4 is 9.84 Å². The highest BCUT2D eigenvalue weighted by Gasteiger charge is 2.30. The van der Waals surface area contributed by atoms with E-state index < -0.39 is 9.84 Å². The zero-order valence-electron chi connectivity index (χ0n) is 10.5. The van der Waals surface area contributed by atoms with Crippen molar-refractivity contribution in [1.29, 1.82) is 0 Å². The summed E-state index contributed by atoms with van der Waals surface area (Å²) in [7, 11) is -2.82. The summed E-state index contributed by atoms with van der Waals surface area (Å²) in [5.74, 6) is 6.35. The molecule has 0 radical (unpaired) electrons. The average Bonchev–Trinajstić information content (AvgIpc) is 2.65. The van der Waals surface area contributed by atoms with Gasteiger partial charge >= 0.3 is 0 Å². The normalized spacial score (nSPS) is 24.0. The maximum atomic E-state index is 11.4. The lowest BCUT2D eigenvalue weighted by atomic mass is 9.95. The molecule has 2 atom stereocenters.